The van der Waals surface area contributed by atoms with Gasteiger partial charge in [0.2, 0.25) is 0 Å². The zero-order valence-corrected chi connectivity index (χ0v) is 17.2. The third-order valence-electron chi connectivity index (χ3n) is 5.23. The highest BCUT2D eigenvalue weighted by molar-refractivity contribution is 5.68. The van der Waals surface area contributed by atoms with Gasteiger partial charge in [0.25, 0.3) is 0 Å². The summed E-state index contributed by atoms with van der Waals surface area (Å²) in [6, 6.07) is 20.2. The van der Waals surface area contributed by atoms with Crippen molar-refractivity contribution < 1.29 is 14.3 Å². The molecule has 2 aromatic carbocycles. The fraction of sp³-hybridized carbons (Fsp3) is 0.400. The van der Waals surface area contributed by atoms with E-state index in [0.29, 0.717) is 19.8 Å². The topological polar surface area (TPSA) is 38.8 Å². The summed E-state index contributed by atoms with van der Waals surface area (Å²) in [5.74, 6) is 0. The van der Waals surface area contributed by atoms with Gasteiger partial charge in [0.15, 0.2) is 0 Å². The van der Waals surface area contributed by atoms with Gasteiger partial charge >= 0.3 is 6.09 Å². The molecule has 0 bridgehead atoms. The number of benzene rings is 2. The maximum atomic E-state index is 12.7. The van der Waals surface area contributed by atoms with Gasteiger partial charge in [-0.2, -0.15) is 0 Å². The Morgan fingerprint density at radius 2 is 1.66 bits per heavy atom. The van der Waals surface area contributed by atoms with Crippen LogP contribution < -0.4 is 0 Å². The molecular weight excluding hydrogens is 362 g/mol. The van der Waals surface area contributed by atoms with Crippen LogP contribution in [0.2, 0.25) is 0 Å². The minimum absolute atomic E-state index is 0.107. The van der Waals surface area contributed by atoms with Gasteiger partial charge < -0.3 is 14.4 Å². The number of carbonyl (C=O) groups is 1. The quantitative estimate of drug-likeness (QED) is 0.511. The molecular formula is C25H31NO3. The van der Waals surface area contributed by atoms with Crippen molar-refractivity contribution in [3.8, 4) is 0 Å². The summed E-state index contributed by atoms with van der Waals surface area (Å²) in [6.07, 6.45) is 7.79. The number of amides is 1. The van der Waals surface area contributed by atoms with E-state index in [0.717, 1.165) is 31.2 Å². The molecule has 154 valence electrons. The van der Waals surface area contributed by atoms with E-state index in [1.54, 1.807) is 0 Å². The predicted octanol–water partition coefficient (Wildman–Crippen LogP) is 5.73. The van der Waals surface area contributed by atoms with E-state index < -0.39 is 0 Å². The first-order chi connectivity index (χ1) is 14.3. The number of hydrogen-bond donors (Lipinski definition) is 0. The standard InChI is InChI=1S/C25H31NO3/c1-2-11-24(28-19-21-12-5-3-6-13-21)18-23-16-9-10-17-26(23)25(27)29-20-22-14-7-4-8-15-22/h3-10,12-15,23-24H,2,11,16-20H2,1H3/t23-,24-/m1/s1. The average Bonchev–Trinajstić information content (AvgIpc) is 2.78. The van der Waals surface area contributed by atoms with Gasteiger partial charge in [-0.25, -0.2) is 4.79 Å². The SMILES string of the molecule is CCC[C@H](C[C@H]1CC=CCN1C(=O)OCc1ccccc1)OCc1ccccc1. The maximum absolute atomic E-state index is 12.7. The van der Waals surface area contributed by atoms with Crippen molar-refractivity contribution >= 4 is 6.09 Å². The van der Waals surface area contributed by atoms with Crippen molar-refractivity contribution in [1.82, 2.24) is 4.90 Å². The number of nitrogens with zero attached hydrogens (tertiary/aromatic N) is 1. The molecule has 0 radical (unpaired) electrons. The minimum Gasteiger partial charge on any atom is -0.445 e. The van der Waals surface area contributed by atoms with E-state index >= 15 is 0 Å². The van der Waals surface area contributed by atoms with Gasteiger partial charge in [0, 0.05) is 12.6 Å². The van der Waals surface area contributed by atoms with Crippen LogP contribution in [0.3, 0.4) is 0 Å². The normalized spacial score (nSPS) is 17.1. The van der Waals surface area contributed by atoms with E-state index in [1.807, 2.05) is 59.5 Å². The lowest BCUT2D eigenvalue weighted by Crippen LogP contribution is -2.44. The van der Waals surface area contributed by atoms with Crippen molar-refractivity contribution in [2.75, 3.05) is 6.54 Å². The molecule has 3 rings (SSSR count). The van der Waals surface area contributed by atoms with Crippen LogP contribution in [0, 0.1) is 0 Å². The third kappa shape index (κ3) is 6.75. The molecule has 0 saturated heterocycles. The molecule has 0 aliphatic carbocycles. The van der Waals surface area contributed by atoms with Crippen LogP contribution in [-0.2, 0) is 22.7 Å². The van der Waals surface area contributed by atoms with Gasteiger partial charge in [-0.15, -0.1) is 0 Å². The molecule has 0 aromatic heterocycles. The Morgan fingerprint density at radius 3 is 2.31 bits per heavy atom. The first-order valence-corrected chi connectivity index (χ1v) is 10.5. The van der Waals surface area contributed by atoms with E-state index in [2.05, 4.69) is 25.1 Å². The third-order valence-corrected chi connectivity index (χ3v) is 5.23. The van der Waals surface area contributed by atoms with E-state index in [4.69, 9.17) is 9.47 Å². The second-order valence-electron chi connectivity index (χ2n) is 7.50. The highest BCUT2D eigenvalue weighted by Gasteiger charge is 2.28. The zero-order chi connectivity index (χ0) is 20.3. The summed E-state index contributed by atoms with van der Waals surface area (Å²) in [5.41, 5.74) is 2.18. The molecule has 4 heteroatoms. The molecule has 0 saturated carbocycles. The number of ether oxygens (including phenoxy) is 2. The largest absolute Gasteiger partial charge is 0.445 e. The van der Waals surface area contributed by atoms with Crippen LogP contribution >= 0.6 is 0 Å². The fourth-order valence-electron chi connectivity index (χ4n) is 3.65. The summed E-state index contributed by atoms with van der Waals surface area (Å²) in [7, 11) is 0. The van der Waals surface area contributed by atoms with Gasteiger partial charge in [-0.1, -0.05) is 86.2 Å². The average molecular weight is 394 g/mol. The van der Waals surface area contributed by atoms with Crippen molar-refractivity contribution in [3.05, 3.63) is 83.9 Å². The van der Waals surface area contributed by atoms with Crippen LogP contribution in [0.4, 0.5) is 4.79 Å². The fourth-order valence-corrected chi connectivity index (χ4v) is 3.65. The first-order valence-electron chi connectivity index (χ1n) is 10.5. The minimum atomic E-state index is -0.249. The summed E-state index contributed by atoms with van der Waals surface area (Å²) in [4.78, 5) is 14.6. The molecule has 29 heavy (non-hydrogen) atoms. The molecule has 1 amide bonds. The van der Waals surface area contributed by atoms with Crippen LogP contribution in [0.15, 0.2) is 72.8 Å². The Hall–Kier alpha value is -2.59. The number of carbonyl (C=O) groups excluding carboxylic acids is 1. The molecule has 1 aliphatic rings. The second kappa shape index (κ2) is 11.4. The lowest BCUT2D eigenvalue weighted by molar-refractivity contribution is 0.00717. The van der Waals surface area contributed by atoms with Gasteiger partial charge in [0.05, 0.1) is 12.7 Å². The van der Waals surface area contributed by atoms with Crippen molar-refractivity contribution in [2.24, 2.45) is 0 Å². The second-order valence-corrected chi connectivity index (χ2v) is 7.50. The Balaban J connectivity index is 1.56. The molecule has 0 fully saturated rings. The summed E-state index contributed by atoms with van der Waals surface area (Å²) in [5, 5.41) is 0. The van der Waals surface area contributed by atoms with Crippen molar-refractivity contribution in [1.29, 1.82) is 0 Å². The molecule has 0 unspecified atom stereocenters. The lowest BCUT2D eigenvalue weighted by atomic mass is 9.99. The molecule has 1 aliphatic heterocycles. The highest BCUT2D eigenvalue weighted by atomic mass is 16.6. The Kier molecular flexibility index (Phi) is 8.32. The monoisotopic (exact) mass is 393 g/mol. The molecule has 1 heterocycles. The molecule has 2 aromatic rings. The van der Waals surface area contributed by atoms with E-state index in [1.165, 1.54) is 5.56 Å². The predicted molar refractivity (Wildman–Crippen MR) is 115 cm³/mol. The molecule has 4 nitrogen and oxygen atoms in total. The molecule has 2 atom stereocenters. The highest BCUT2D eigenvalue weighted by Crippen LogP contribution is 2.22. The van der Waals surface area contributed by atoms with Gasteiger partial charge in [-0.3, -0.25) is 0 Å². The molecule has 0 spiro atoms. The van der Waals surface area contributed by atoms with E-state index in [9.17, 15) is 4.79 Å². The Labute approximate surface area is 174 Å². The zero-order valence-electron chi connectivity index (χ0n) is 17.2. The van der Waals surface area contributed by atoms with E-state index in [-0.39, 0.29) is 18.2 Å². The van der Waals surface area contributed by atoms with Gasteiger partial charge in [-0.05, 0) is 30.4 Å². The van der Waals surface area contributed by atoms with Gasteiger partial charge in [0.1, 0.15) is 6.61 Å². The van der Waals surface area contributed by atoms with Crippen molar-refractivity contribution in [3.63, 3.8) is 0 Å². The van der Waals surface area contributed by atoms with Crippen LogP contribution in [0.5, 0.6) is 0 Å². The lowest BCUT2D eigenvalue weighted by Gasteiger charge is -2.34. The number of hydrogen-bond acceptors (Lipinski definition) is 3. The maximum Gasteiger partial charge on any atom is 0.410 e. The van der Waals surface area contributed by atoms with Crippen molar-refractivity contribution in [2.45, 2.75) is 58.0 Å². The van der Waals surface area contributed by atoms with Crippen LogP contribution in [0.25, 0.3) is 0 Å². The Morgan fingerprint density at radius 1 is 1.00 bits per heavy atom. The smallest absolute Gasteiger partial charge is 0.410 e. The Bertz CT molecular complexity index is 760. The van der Waals surface area contributed by atoms with Crippen LogP contribution in [-0.4, -0.2) is 29.7 Å². The summed E-state index contributed by atoms with van der Waals surface area (Å²) >= 11 is 0. The summed E-state index contributed by atoms with van der Waals surface area (Å²) in [6.45, 7) is 3.67. The number of rotatable bonds is 9. The van der Waals surface area contributed by atoms with Crippen LogP contribution in [0.1, 0.15) is 43.7 Å². The summed E-state index contributed by atoms with van der Waals surface area (Å²) < 4.78 is 11.8. The molecule has 0 N–H and O–H groups in total. The first kappa shape index (κ1) is 21.1.